The lowest BCUT2D eigenvalue weighted by Gasteiger charge is -2.15. The third-order valence-corrected chi connectivity index (χ3v) is 3.06. The van der Waals surface area contributed by atoms with Crippen molar-refractivity contribution in [1.82, 2.24) is 0 Å². The Labute approximate surface area is 110 Å². The van der Waals surface area contributed by atoms with Crippen molar-refractivity contribution in [2.75, 3.05) is 0 Å². The van der Waals surface area contributed by atoms with Gasteiger partial charge in [0.2, 0.25) is 0 Å². The molecule has 98 valence electrons. The van der Waals surface area contributed by atoms with Gasteiger partial charge in [0.05, 0.1) is 0 Å². The molecule has 0 radical (unpaired) electrons. The number of carboxylic acid groups (broad SMARTS) is 1. The van der Waals surface area contributed by atoms with Crippen LogP contribution in [0.25, 0.3) is 0 Å². The van der Waals surface area contributed by atoms with E-state index in [1.807, 2.05) is 0 Å². The molecule has 4 heteroatoms. The zero-order valence-corrected chi connectivity index (χ0v) is 10.2. The van der Waals surface area contributed by atoms with Gasteiger partial charge < -0.3 is 10.2 Å². The number of ketones is 1. The lowest BCUT2D eigenvalue weighted by molar-refractivity contribution is -0.133. The van der Waals surface area contributed by atoms with Gasteiger partial charge >= 0.3 is 5.97 Å². The highest BCUT2D eigenvalue weighted by Gasteiger charge is 2.26. The van der Waals surface area contributed by atoms with Crippen LogP contribution in [0.5, 0.6) is 0 Å². The van der Waals surface area contributed by atoms with Gasteiger partial charge in [0.25, 0.3) is 0 Å². The highest BCUT2D eigenvalue weighted by molar-refractivity contribution is 6.08. The van der Waals surface area contributed by atoms with Crippen LogP contribution < -0.4 is 0 Å². The number of allylic oxidation sites excluding steroid dienone is 2. The minimum atomic E-state index is -1.33. The number of aliphatic carboxylic acids is 1. The summed E-state index contributed by atoms with van der Waals surface area (Å²) in [7, 11) is 0. The molecule has 4 nitrogen and oxygen atoms in total. The topological polar surface area (TPSA) is 74.6 Å². The van der Waals surface area contributed by atoms with Crippen LogP contribution in [0, 0.1) is 0 Å². The average Bonchev–Trinajstić information content (AvgIpc) is 2.46. The first-order chi connectivity index (χ1) is 9.11. The maximum Gasteiger partial charge on any atom is 0.332 e. The average molecular weight is 258 g/mol. The highest BCUT2D eigenvalue weighted by Crippen LogP contribution is 2.25. The number of carbonyl (C=O) groups excluding carboxylic acids is 1. The van der Waals surface area contributed by atoms with Crippen LogP contribution in [-0.4, -0.2) is 22.0 Å². The Hall–Kier alpha value is -2.20. The molecule has 0 fully saturated rings. The van der Waals surface area contributed by atoms with Crippen molar-refractivity contribution < 1.29 is 19.8 Å². The van der Waals surface area contributed by atoms with Gasteiger partial charge in [-0.25, -0.2) is 4.79 Å². The Bertz CT molecular complexity index is 555. The van der Waals surface area contributed by atoms with E-state index in [-0.39, 0.29) is 11.1 Å². The summed E-state index contributed by atoms with van der Waals surface area (Å²) >= 11 is 0. The highest BCUT2D eigenvalue weighted by atomic mass is 16.4. The van der Waals surface area contributed by atoms with Crippen molar-refractivity contribution in [1.29, 1.82) is 0 Å². The molecular formula is C15H14O4. The number of carboxylic acids is 1. The third kappa shape index (κ3) is 2.80. The van der Waals surface area contributed by atoms with Crippen molar-refractivity contribution >= 4 is 11.8 Å². The lowest BCUT2D eigenvalue weighted by atomic mass is 9.91. The largest absolute Gasteiger partial charge is 0.478 e. The first kappa shape index (κ1) is 13.2. The Balaban J connectivity index is 2.33. The molecule has 1 aromatic rings. The van der Waals surface area contributed by atoms with Crippen molar-refractivity contribution in [3.63, 3.8) is 0 Å². The van der Waals surface area contributed by atoms with Crippen molar-refractivity contribution in [2.24, 2.45) is 0 Å². The summed E-state index contributed by atoms with van der Waals surface area (Å²) in [6.07, 6.45) is 2.82. The normalized spacial score (nSPS) is 16.3. The molecule has 1 unspecified atom stereocenters. The monoisotopic (exact) mass is 258 g/mol. The van der Waals surface area contributed by atoms with Gasteiger partial charge in [0.15, 0.2) is 5.78 Å². The van der Waals surface area contributed by atoms with Gasteiger partial charge in [-0.05, 0) is 18.4 Å². The number of aliphatic hydroxyl groups is 1. The summed E-state index contributed by atoms with van der Waals surface area (Å²) in [5, 5.41) is 19.1. The molecule has 0 saturated carbocycles. The standard InChI is InChI=1S/C15H14O4/c16-13(10-6-2-1-3-7-10)14(17)11-8-4-5-9-12(11)15(18)19/h1-4,6-8,13,16H,5,9H2,(H,18,19). The number of aliphatic hydroxyl groups excluding tert-OH is 1. The predicted octanol–water partition coefficient (Wildman–Crippen LogP) is 2.02. The lowest BCUT2D eigenvalue weighted by Crippen LogP contribution is -2.19. The molecule has 0 amide bonds. The number of Topliss-reactive ketones (excluding diaryl/α,β-unsaturated/α-hetero) is 1. The molecule has 0 saturated heterocycles. The van der Waals surface area contributed by atoms with Crippen LogP contribution in [-0.2, 0) is 9.59 Å². The second kappa shape index (κ2) is 5.63. The SMILES string of the molecule is O=C(O)C1=C(C(=O)C(O)c2ccccc2)C=CCC1. The first-order valence-corrected chi connectivity index (χ1v) is 6.01. The zero-order valence-electron chi connectivity index (χ0n) is 10.2. The summed E-state index contributed by atoms with van der Waals surface area (Å²) in [6, 6.07) is 8.49. The molecule has 1 aromatic carbocycles. The number of carbonyl (C=O) groups is 2. The maximum atomic E-state index is 12.2. The van der Waals surface area contributed by atoms with Crippen molar-refractivity contribution in [3.05, 3.63) is 59.2 Å². The van der Waals surface area contributed by atoms with Crippen LogP contribution in [0.2, 0.25) is 0 Å². The van der Waals surface area contributed by atoms with E-state index < -0.39 is 17.9 Å². The fourth-order valence-electron chi connectivity index (χ4n) is 2.05. The van der Waals surface area contributed by atoms with Crippen LogP contribution in [0.3, 0.4) is 0 Å². The van der Waals surface area contributed by atoms with E-state index in [4.69, 9.17) is 5.11 Å². The van der Waals surface area contributed by atoms with E-state index in [1.54, 1.807) is 36.4 Å². The molecule has 1 aliphatic carbocycles. The Morgan fingerprint density at radius 2 is 1.84 bits per heavy atom. The second-order valence-corrected chi connectivity index (χ2v) is 4.32. The Morgan fingerprint density at radius 3 is 2.47 bits per heavy atom. The van der Waals surface area contributed by atoms with E-state index in [1.165, 1.54) is 6.08 Å². The molecule has 0 heterocycles. The first-order valence-electron chi connectivity index (χ1n) is 6.01. The molecule has 0 bridgehead atoms. The fraction of sp³-hybridized carbons (Fsp3) is 0.200. The van der Waals surface area contributed by atoms with Gasteiger partial charge in [-0.1, -0.05) is 42.5 Å². The smallest absolute Gasteiger partial charge is 0.332 e. The minimum Gasteiger partial charge on any atom is -0.478 e. The zero-order chi connectivity index (χ0) is 13.8. The number of hydrogen-bond donors (Lipinski definition) is 2. The van der Waals surface area contributed by atoms with Crippen molar-refractivity contribution in [3.8, 4) is 0 Å². The maximum absolute atomic E-state index is 12.2. The van der Waals surface area contributed by atoms with E-state index in [0.717, 1.165) is 0 Å². The molecule has 2 N–H and O–H groups in total. The van der Waals surface area contributed by atoms with E-state index in [2.05, 4.69) is 0 Å². The van der Waals surface area contributed by atoms with Gasteiger partial charge in [-0.15, -0.1) is 0 Å². The Kier molecular flexibility index (Phi) is 3.92. The number of hydrogen-bond acceptors (Lipinski definition) is 3. The van der Waals surface area contributed by atoms with Crippen molar-refractivity contribution in [2.45, 2.75) is 18.9 Å². The van der Waals surface area contributed by atoms with Crippen LogP contribution in [0.1, 0.15) is 24.5 Å². The molecular weight excluding hydrogens is 244 g/mol. The summed E-state index contributed by atoms with van der Waals surface area (Å²) in [5.41, 5.74) is 0.626. The molecule has 0 aliphatic heterocycles. The summed E-state index contributed by atoms with van der Waals surface area (Å²) in [4.78, 5) is 23.3. The molecule has 1 atom stereocenters. The molecule has 19 heavy (non-hydrogen) atoms. The predicted molar refractivity (Wildman–Crippen MR) is 69.4 cm³/mol. The molecule has 1 aliphatic rings. The van der Waals surface area contributed by atoms with Gasteiger partial charge in [-0.2, -0.15) is 0 Å². The van der Waals surface area contributed by atoms with E-state index in [9.17, 15) is 14.7 Å². The summed E-state index contributed by atoms with van der Waals surface area (Å²) in [5.74, 6) is -1.67. The van der Waals surface area contributed by atoms with Gasteiger partial charge in [0, 0.05) is 11.1 Å². The van der Waals surface area contributed by atoms with Crippen LogP contribution >= 0.6 is 0 Å². The Morgan fingerprint density at radius 1 is 1.16 bits per heavy atom. The second-order valence-electron chi connectivity index (χ2n) is 4.32. The molecule has 0 spiro atoms. The van der Waals surface area contributed by atoms with Gasteiger partial charge in [0.1, 0.15) is 6.10 Å². The third-order valence-electron chi connectivity index (χ3n) is 3.06. The molecule has 0 aromatic heterocycles. The van der Waals surface area contributed by atoms with Gasteiger partial charge in [-0.3, -0.25) is 4.79 Å². The number of benzene rings is 1. The minimum absolute atomic E-state index is 0.0717. The quantitative estimate of drug-likeness (QED) is 0.866. The van der Waals surface area contributed by atoms with E-state index in [0.29, 0.717) is 18.4 Å². The summed E-state index contributed by atoms with van der Waals surface area (Å²) in [6.45, 7) is 0. The van der Waals surface area contributed by atoms with E-state index >= 15 is 0 Å². The van der Waals surface area contributed by atoms with Crippen LogP contribution in [0.4, 0.5) is 0 Å². The summed E-state index contributed by atoms with van der Waals surface area (Å²) < 4.78 is 0. The van der Waals surface area contributed by atoms with Crippen LogP contribution in [0.15, 0.2) is 53.6 Å². The number of rotatable bonds is 4. The fourth-order valence-corrected chi connectivity index (χ4v) is 2.05. The molecule has 2 rings (SSSR count).